The van der Waals surface area contributed by atoms with Crippen LogP contribution in [-0.2, 0) is 10.9 Å². The lowest BCUT2D eigenvalue weighted by atomic mass is 9.84. The molecule has 0 saturated carbocycles. The summed E-state index contributed by atoms with van der Waals surface area (Å²) in [5, 5.41) is 0. The Labute approximate surface area is 141 Å². The molecule has 0 spiro atoms. The molecule has 0 nitrogen and oxygen atoms in total. The quantitative estimate of drug-likeness (QED) is 0.483. The number of hydrogen-bond donors (Lipinski definition) is 0. The third-order valence-corrected chi connectivity index (χ3v) is 7.35. The zero-order valence-corrected chi connectivity index (χ0v) is 14.4. The molecule has 0 saturated heterocycles. The summed E-state index contributed by atoms with van der Waals surface area (Å²) in [6, 6.07) is 29.0. The highest BCUT2D eigenvalue weighted by atomic mass is 32.2. The first-order valence-electron chi connectivity index (χ1n) is 8.24. The van der Waals surface area contributed by atoms with Crippen molar-refractivity contribution in [3.63, 3.8) is 0 Å². The molecular formula is C22H21S+. The molecule has 0 bridgehead atoms. The van der Waals surface area contributed by atoms with Crippen molar-refractivity contribution >= 4 is 10.9 Å². The van der Waals surface area contributed by atoms with Crippen molar-refractivity contribution in [1.82, 2.24) is 0 Å². The van der Waals surface area contributed by atoms with Crippen LogP contribution in [0.5, 0.6) is 0 Å². The Balaban J connectivity index is 2.04. The third kappa shape index (κ3) is 2.40. The first-order valence-corrected chi connectivity index (χ1v) is 9.47. The lowest BCUT2D eigenvalue weighted by Crippen LogP contribution is -2.07. The molecule has 3 aromatic carbocycles. The van der Waals surface area contributed by atoms with Gasteiger partial charge in [-0.3, -0.25) is 0 Å². The van der Waals surface area contributed by atoms with Crippen molar-refractivity contribution in [1.29, 1.82) is 0 Å². The number of rotatable bonds is 1. The van der Waals surface area contributed by atoms with Gasteiger partial charge in [-0.15, -0.1) is 0 Å². The van der Waals surface area contributed by atoms with Crippen LogP contribution in [0.1, 0.15) is 36.8 Å². The van der Waals surface area contributed by atoms with E-state index in [1.165, 1.54) is 25.8 Å². The van der Waals surface area contributed by atoms with E-state index in [1.807, 2.05) is 0 Å². The number of fused-ring (bicyclic) bond motifs is 2. The SMILES string of the molecule is CC1c2ccccc2[S+](c2ccccc2)c2ccccc2C1C. The standard InChI is InChI=1S/C22H21S/c1-16-17(2)20-13-7-9-15-22(20)23(18-10-4-3-5-11-18)21-14-8-6-12-19(16)21/h3-17H,1-2H3/q+1. The molecule has 0 amide bonds. The van der Waals surface area contributed by atoms with Crippen LogP contribution in [0, 0.1) is 0 Å². The molecule has 0 aliphatic carbocycles. The van der Waals surface area contributed by atoms with E-state index in [4.69, 9.17) is 0 Å². The highest BCUT2D eigenvalue weighted by molar-refractivity contribution is 7.97. The van der Waals surface area contributed by atoms with Gasteiger partial charge in [0, 0.05) is 11.1 Å². The van der Waals surface area contributed by atoms with E-state index in [9.17, 15) is 0 Å². The summed E-state index contributed by atoms with van der Waals surface area (Å²) >= 11 is 0. The highest BCUT2D eigenvalue weighted by Crippen LogP contribution is 2.46. The molecule has 4 rings (SSSR count). The molecule has 1 heteroatoms. The Hall–Kier alpha value is -1.99. The molecule has 2 unspecified atom stereocenters. The minimum absolute atomic E-state index is 0.0167. The predicted octanol–water partition coefficient (Wildman–Crippen LogP) is 6.00. The molecule has 0 N–H and O–H groups in total. The Bertz CT molecular complexity index is 771. The Morgan fingerprint density at radius 2 is 1.00 bits per heavy atom. The first-order chi connectivity index (χ1) is 11.3. The van der Waals surface area contributed by atoms with Crippen LogP contribution in [0.2, 0.25) is 0 Å². The average Bonchev–Trinajstić information content (AvgIpc) is 2.71. The van der Waals surface area contributed by atoms with Gasteiger partial charge in [0.2, 0.25) is 0 Å². The maximum absolute atomic E-state index is 2.37. The van der Waals surface area contributed by atoms with Gasteiger partial charge in [-0.2, -0.15) is 0 Å². The van der Waals surface area contributed by atoms with Crippen LogP contribution in [0.3, 0.4) is 0 Å². The summed E-state index contributed by atoms with van der Waals surface area (Å²) in [6.45, 7) is 4.75. The fourth-order valence-corrected chi connectivity index (χ4v) is 6.14. The van der Waals surface area contributed by atoms with Gasteiger partial charge < -0.3 is 0 Å². The van der Waals surface area contributed by atoms with Gasteiger partial charge in [-0.25, -0.2) is 0 Å². The summed E-state index contributed by atoms with van der Waals surface area (Å²) in [7, 11) is -0.0167. The van der Waals surface area contributed by atoms with E-state index in [2.05, 4.69) is 92.7 Å². The molecular weight excluding hydrogens is 296 g/mol. The summed E-state index contributed by atoms with van der Waals surface area (Å²) in [5.74, 6) is 1.07. The molecule has 1 aliphatic rings. The van der Waals surface area contributed by atoms with Crippen molar-refractivity contribution in [2.24, 2.45) is 0 Å². The van der Waals surface area contributed by atoms with Crippen molar-refractivity contribution in [3.8, 4) is 0 Å². The Morgan fingerprint density at radius 3 is 1.52 bits per heavy atom. The molecule has 114 valence electrons. The fraction of sp³-hybridized carbons (Fsp3) is 0.182. The van der Waals surface area contributed by atoms with Gasteiger partial charge in [0.25, 0.3) is 0 Å². The van der Waals surface area contributed by atoms with Crippen molar-refractivity contribution in [2.75, 3.05) is 0 Å². The van der Waals surface area contributed by atoms with Gasteiger partial charge in [0.1, 0.15) is 0 Å². The monoisotopic (exact) mass is 317 g/mol. The van der Waals surface area contributed by atoms with Crippen LogP contribution >= 0.6 is 0 Å². The first kappa shape index (κ1) is 14.6. The summed E-state index contributed by atoms with van der Waals surface area (Å²) in [4.78, 5) is 4.39. The van der Waals surface area contributed by atoms with Crippen LogP contribution in [0.15, 0.2) is 93.5 Å². The molecule has 23 heavy (non-hydrogen) atoms. The van der Waals surface area contributed by atoms with E-state index >= 15 is 0 Å². The predicted molar refractivity (Wildman–Crippen MR) is 98.3 cm³/mol. The van der Waals surface area contributed by atoms with Crippen molar-refractivity contribution in [3.05, 3.63) is 90.0 Å². The second kappa shape index (κ2) is 5.90. The summed E-state index contributed by atoms with van der Waals surface area (Å²) in [6.07, 6.45) is 0. The van der Waals surface area contributed by atoms with Crippen LogP contribution < -0.4 is 0 Å². The number of benzene rings is 3. The second-order valence-corrected chi connectivity index (χ2v) is 8.24. The molecule has 3 aromatic rings. The second-order valence-electron chi connectivity index (χ2n) is 6.27. The summed E-state index contributed by atoms with van der Waals surface area (Å²) in [5.41, 5.74) is 3.01. The fourth-order valence-electron chi connectivity index (χ4n) is 3.55. The van der Waals surface area contributed by atoms with Crippen molar-refractivity contribution in [2.45, 2.75) is 40.4 Å². The smallest absolute Gasteiger partial charge is 0.0619 e. The Morgan fingerprint density at radius 1 is 0.565 bits per heavy atom. The molecule has 0 aromatic heterocycles. The van der Waals surface area contributed by atoms with E-state index in [1.54, 1.807) is 0 Å². The van der Waals surface area contributed by atoms with E-state index in [-0.39, 0.29) is 10.9 Å². The average molecular weight is 317 g/mol. The largest absolute Gasteiger partial charge is 0.170 e. The lowest BCUT2D eigenvalue weighted by Gasteiger charge is -2.17. The van der Waals surface area contributed by atoms with Gasteiger partial charge in [-0.05, 0) is 36.1 Å². The van der Waals surface area contributed by atoms with Crippen LogP contribution in [0.4, 0.5) is 0 Å². The third-order valence-electron chi connectivity index (χ3n) is 4.99. The topological polar surface area (TPSA) is 0 Å². The van der Waals surface area contributed by atoms with Crippen LogP contribution in [-0.4, -0.2) is 0 Å². The van der Waals surface area contributed by atoms with Gasteiger partial charge in [0.05, 0.1) is 10.9 Å². The highest BCUT2D eigenvalue weighted by Gasteiger charge is 2.39. The van der Waals surface area contributed by atoms with Gasteiger partial charge in [0.15, 0.2) is 14.7 Å². The number of hydrogen-bond acceptors (Lipinski definition) is 0. The van der Waals surface area contributed by atoms with Gasteiger partial charge in [-0.1, -0.05) is 68.4 Å². The van der Waals surface area contributed by atoms with E-state index in [0.717, 1.165) is 0 Å². The summed E-state index contributed by atoms with van der Waals surface area (Å²) < 4.78 is 0. The normalized spacial score (nSPS) is 22.8. The maximum Gasteiger partial charge on any atom is 0.170 e. The minimum Gasteiger partial charge on any atom is -0.0619 e. The minimum atomic E-state index is -0.0167. The zero-order chi connectivity index (χ0) is 15.8. The molecule has 1 heterocycles. The maximum atomic E-state index is 2.37. The lowest BCUT2D eigenvalue weighted by molar-refractivity contribution is 0.611. The van der Waals surface area contributed by atoms with Crippen LogP contribution in [0.25, 0.3) is 0 Å². The molecule has 0 fully saturated rings. The zero-order valence-electron chi connectivity index (χ0n) is 13.6. The molecule has 0 radical (unpaired) electrons. The molecule has 1 aliphatic heterocycles. The van der Waals surface area contributed by atoms with E-state index in [0.29, 0.717) is 11.8 Å². The van der Waals surface area contributed by atoms with E-state index < -0.39 is 0 Å². The Kier molecular flexibility index (Phi) is 3.74. The van der Waals surface area contributed by atoms with Gasteiger partial charge >= 0.3 is 0 Å². The van der Waals surface area contributed by atoms with Crippen molar-refractivity contribution < 1.29 is 0 Å². The molecule has 2 atom stereocenters.